The molecule has 5 nitrogen and oxygen atoms in total. The molecule has 2 N–H and O–H groups in total. The number of hydrogen-bond donors (Lipinski definition) is 2. The molecule has 0 aromatic carbocycles. The Morgan fingerprint density at radius 3 is 2.25 bits per heavy atom. The summed E-state index contributed by atoms with van der Waals surface area (Å²) in [6.07, 6.45) is 1.61. The van der Waals surface area contributed by atoms with Gasteiger partial charge < -0.3 is 5.11 Å². The lowest BCUT2D eigenvalue weighted by Gasteiger charge is -2.20. The Labute approximate surface area is 95.1 Å². The second kappa shape index (κ2) is 4.82. The molecule has 0 aliphatic heterocycles. The van der Waals surface area contributed by atoms with Crippen LogP contribution in [0.4, 0.5) is 0 Å². The molecule has 92 valence electrons. The third-order valence-electron chi connectivity index (χ3n) is 2.61. The van der Waals surface area contributed by atoms with E-state index in [1.54, 1.807) is 0 Å². The first kappa shape index (κ1) is 13.0. The van der Waals surface area contributed by atoms with Gasteiger partial charge in [-0.2, -0.15) is 0 Å². The smallest absolute Gasteiger partial charge is 0.306 e. The minimum atomic E-state index is -0.813. The van der Waals surface area contributed by atoms with Crippen molar-refractivity contribution in [2.45, 2.75) is 45.6 Å². The Morgan fingerprint density at radius 1 is 1.25 bits per heavy atom. The van der Waals surface area contributed by atoms with Crippen molar-refractivity contribution in [2.75, 3.05) is 0 Å². The van der Waals surface area contributed by atoms with Crippen LogP contribution in [-0.2, 0) is 14.4 Å². The van der Waals surface area contributed by atoms with Gasteiger partial charge in [-0.25, -0.2) is 5.48 Å². The summed E-state index contributed by atoms with van der Waals surface area (Å²) in [5, 5.41) is 8.81. The quantitative estimate of drug-likeness (QED) is 0.716. The lowest BCUT2D eigenvalue weighted by Crippen LogP contribution is -2.36. The van der Waals surface area contributed by atoms with Crippen LogP contribution in [0.1, 0.15) is 40.0 Å². The summed E-state index contributed by atoms with van der Waals surface area (Å²) in [6.45, 7) is 5.51. The Kier molecular flexibility index (Phi) is 3.91. The molecule has 0 aromatic rings. The molecule has 1 amide bonds. The lowest BCUT2D eigenvalue weighted by atomic mass is 10.1. The molecule has 1 saturated carbocycles. The van der Waals surface area contributed by atoms with Crippen molar-refractivity contribution in [2.24, 2.45) is 11.8 Å². The third kappa shape index (κ3) is 3.81. The molecule has 0 bridgehead atoms. The number of nitrogens with one attached hydrogen (secondary N) is 1. The Balaban J connectivity index is 2.37. The van der Waals surface area contributed by atoms with Crippen LogP contribution >= 0.6 is 0 Å². The number of carboxylic acids is 1. The number of hydrogen-bond acceptors (Lipinski definition) is 3. The van der Waals surface area contributed by atoms with Crippen molar-refractivity contribution in [3.63, 3.8) is 0 Å². The molecule has 0 spiro atoms. The van der Waals surface area contributed by atoms with Gasteiger partial charge in [0.1, 0.15) is 0 Å². The molecule has 1 aliphatic carbocycles. The molecule has 0 aromatic heterocycles. The summed E-state index contributed by atoms with van der Waals surface area (Å²) in [5.41, 5.74) is 1.96. The Hall–Kier alpha value is -1.10. The predicted octanol–water partition coefficient (Wildman–Crippen LogP) is 1.33. The summed E-state index contributed by atoms with van der Waals surface area (Å²) in [6, 6.07) is 0. The zero-order chi connectivity index (χ0) is 12.3. The van der Waals surface area contributed by atoms with Gasteiger partial charge in [-0.15, -0.1) is 0 Å². The van der Waals surface area contributed by atoms with Crippen molar-refractivity contribution >= 4 is 11.9 Å². The van der Waals surface area contributed by atoms with E-state index < -0.39 is 11.6 Å². The fourth-order valence-corrected chi connectivity index (χ4v) is 1.73. The molecule has 16 heavy (non-hydrogen) atoms. The second-order valence-electron chi connectivity index (χ2n) is 5.23. The maximum absolute atomic E-state index is 11.6. The van der Waals surface area contributed by atoms with Gasteiger partial charge >= 0.3 is 5.97 Å². The molecule has 1 rings (SSSR count). The summed E-state index contributed by atoms with van der Waals surface area (Å²) in [4.78, 5) is 27.5. The Bertz CT molecular complexity index is 282. The second-order valence-corrected chi connectivity index (χ2v) is 5.23. The van der Waals surface area contributed by atoms with Gasteiger partial charge in [0.05, 0.1) is 11.5 Å². The van der Waals surface area contributed by atoms with Crippen LogP contribution in [0.2, 0.25) is 0 Å². The van der Waals surface area contributed by atoms with Gasteiger partial charge in [-0.1, -0.05) is 0 Å². The van der Waals surface area contributed by atoms with Crippen molar-refractivity contribution in [1.29, 1.82) is 0 Å². The van der Waals surface area contributed by atoms with Crippen molar-refractivity contribution in [1.82, 2.24) is 5.48 Å². The largest absolute Gasteiger partial charge is 0.481 e. The number of amides is 1. The van der Waals surface area contributed by atoms with E-state index in [1.165, 1.54) is 0 Å². The van der Waals surface area contributed by atoms with E-state index in [0.717, 1.165) is 0 Å². The SMILES string of the molecule is CC(C)(C)ONC(=O)C1CCC(C(=O)O)C1. The summed E-state index contributed by atoms with van der Waals surface area (Å²) in [7, 11) is 0. The third-order valence-corrected chi connectivity index (χ3v) is 2.61. The highest BCUT2D eigenvalue weighted by Crippen LogP contribution is 2.31. The highest BCUT2D eigenvalue weighted by molar-refractivity contribution is 5.80. The van der Waals surface area contributed by atoms with Crippen LogP contribution in [0.25, 0.3) is 0 Å². The summed E-state index contributed by atoms with van der Waals surface area (Å²) in [5.74, 6) is -1.64. The molecular formula is C11H19NO4. The van der Waals surface area contributed by atoms with Gasteiger partial charge in [0.25, 0.3) is 0 Å². The molecule has 1 fully saturated rings. The fraction of sp³-hybridized carbons (Fsp3) is 0.818. The van der Waals surface area contributed by atoms with E-state index in [4.69, 9.17) is 9.94 Å². The number of carboxylic acid groups (broad SMARTS) is 1. The highest BCUT2D eigenvalue weighted by Gasteiger charge is 2.34. The molecule has 2 unspecified atom stereocenters. The maximum Gasteiger partial charge on any atom is 0.306 e. The van der Waals surface area contributed by atoms with Gasteiger partial charge in [0.2, 0.25) is 5.91 Å². The first-order chi connectivity index (χ1) is 7.29. The van der Waals surface area contributed by atoms with Gasteiger partial charge in [0, 0.05) is 5.92 Å². The predicted molar refractivity (Wildman–Crippen MR) is 57.4 cm³/mol. The zero-order valence-corrected chi connectivity index (χ0v) is 9.95. The number of carbonyl (C=O) groups is 2. The van der Waals surface area contributed by atoms with Crippen LogP contribution in [0.15, 0.2) is 0 Å². The van der Waals surface area contributed by atoms with E-state index in [0.29, 0.717) is 19.3 Å². The molecule has 5 heteroatoms. The summed E-state index contributed by atoms with van der Waals surface area (Å²) >= 11 is 0. The van der Waals surface area contributed by atoms with E-state index in [9.17, 15) is 9.59 Å². The average molecular weight is 229 g/mol. The minimum Gasteiger partial charge on any atom is -0.481 e. The van der Waals surface area contributed by atoms with Crippen LogP contribution in [0.5, 0.6) is 0 Å². The lowest BCUT2D eigenvalue weighted by molar-refractivity contribution is -0.149. The van der Waals surface area contributed by atoms with E-state index in [1.807, 2.05) is 20.8 Å². The van der Waals surface area contributed by atoms with Gasteiger partial charge in [-0.05, 0) is 40.0 Å². The van der Waals surface area contributed by atoms with Crippen LogP contribution in [0, 0.1) is 11.8 Å². The van der Waals surface area contributed by atoms with E-state index in [-0.39, 0.29) is 17.7 Å². The fourth-order valence-electron chi connectivity index (χ4n) is 1.73. The maximum atomic E-state index is 11.6. The number of rotatable bonds is 3. The van der Waals surface area contributed by atoms with Crippen LogP contribution in [0.3, 0.4) is 0 Å². The molecule has 0 saturated heterocycles. The number of hydroxylamine groups is 1. The topological polar surface area (TPSA) is 75.6 Å². The molecule has 0 heterocycles. The van der Waals surface area contributed by atoms with E-state index in [2.05, 4.69) is 5.48 Å². The molecule has 1 aliphatic rings. The normalized spacial score (nSPS) is 25.4. The van der Waals surface area contributed by atoms with Crippen molar-refractivity contribution in [3.05, 3.63) is 0 Å². The summed E-state index contributed by atoms with van der Waals surface area (Å²) < 4.78 is 0. The molecule has 2 atom stereocenters. The zero-order valence-electron chi connectivity index (χ0n) is 9.95. The van der Waals surface area contributed by atoms with Crippen LogP contribution in [-0.4, -0.2) is 22.6 Å². The van der Waals surface area contributed by atoms with Gasteiger partial charge in [0.15, 0.2) is 0 Å². The first-order valence-electron chi connectivity index (χ1n) is 5.50. The minimum absolute atomic E-state index is 0.210. The van der Waals surface area contributed by atoms with Crippen molar-refractivity contribution < 1.29 is 19.5 Å². The standard InChI is InChI=1S/C11H19NO4/c1-11(2,3)16-12-9(13)7-4-5-8(6-7)10(14)15/h7-8H,4-6H2,1-3H3,(H,12,13)(H,14,15). The van der Waals surface area contributed by atoms with E-state index >= 15 is 0 Å². The molecule has 0 radical (unpaired) electrons. The number of carbonyl (C=O) groups excluding carboxylic acids is 1. The molecular weight excluding hydrogens is 210 g/mol. The average Bonchev–Trinajstić information content (AvgIpc) is 2.61. The first-order valence-corrected chi connectivity index (χ1v) is 5.50. The van der Waals surface area contributed by atoms with Gasteiger partial charge in [-0.3, -0.25) is 14.4 Å². The highest BCUT2D eigenvalue weighted by atomic mass is 16.7. The monoisotopic (exact) mass is 229 g/mol. The Morgan fingerprint density at radius 2 is 1.81 bits per heavy atom. The van der Waals surface area contributed by atoms with Crippen LogP contribution < -0.4 is 5.48 Å². The number of aliphatic carboxylic acids is 1. The van der Waals surface area contributed by atoms with Crippen molar-refractivity contribution in [3.8, 4) is 0 Å².